The van der Waals surface area contributed by atoms with E-state index in [4.69, 9.17) is 0 Å². The van der Waals surface area contributed by atoms with E-state index in [1.165, 1.54) is 0 Å². The van der Waals surface area contributed by atoms with Crippen LogP contribution in [0.25, 0.3) is 0 Å². The van der Waals surface area contributed by atoms with E-state index >= 15 is 0 Å². The van der Waals surface area contributed by atoms with Crippen LogP contribution in [0.5, 0.6) is 0 Å². The molecule has 1 aliphatic rings. The molecule has 0 atom stereocenters. The molecule has 1 aromatic carbocycles. The second-order valence-electron chi connectivity index (χ2n) is 4.50. The number of amides is 1. The molecular formula is C12H15NO. The molecule has 2 nitrogen and oxygen atoms in total. The van der Waals surface area contributed by atoms with Gasteiger partial charge in [-0.25, -0.2) is 0 Å². The smallest absolute Gasteiger partial charge is 0.251 e. The van der Waals surface area contributed by atoms with Crippen LogP contribution in [-0.4, -0.2) is 11.4 Å². The maximum atomic E-state index is 11.8. The van der Waals surface area contributed by atoms with Crippen molar-refractivity contribution in [2.24, 2.45) is 0 Å². The van der Waals surface area contributed by atoms with E-state index in [1.807, 2.05) is 24.3 Å². The summed E-state index contributed by atoms with van der Waals surface area (Å²) in [4.78, 5) is 11.8. The Labute approximate surface area is 84.3 Å². The summed E-state index contributed by atoms with van der Waals surface area (Å²) in [6, 6.07) is 7.84. The van der Waals surface area contributed by atoms with Crippen molar-refractivity contribution in [1.82, 2.24) is 5.32 Å². The van der Waals surface area contributed by atoms with Crippen LogP contribution < -0.4 is 5.32 Å². The minimum atomic E-state index is -0.0872. The molecule has 0 bridgehead atoms. The van der Waals surface area contributed by atoms with Crippen LogP contribution in [0.3, 0.4) is 0 Å². The Hall–Kier alpha value is -1.31. The van der Waals surface area contributed by atoms with E-state index in [2.05, 4.69) is 19.2 Å². The van der Waals surface area contributed by atoms with Gasteiger partial charge in [-0.2, -0.15) is 0 Å². The van der Waals surface area contributed by atoms with Crippen LogP contribution in [0.4, 0.5) is 0 Å². The third-order valence-electron chi connectivity index (χ3n) is 2.73. The Morgan fingerprint density at radius 1 is 1.29 bits per heavy atom. The molecule has 2 rings (SSSR count). The van der Waals surface area contributed by atoms with Gasteiger partial charge >= 0.3 is 0 Å². The zero-order valence-corrected chi connectivity index (χ0v) is 8.63. The first kappa shape index (κ1) is 9.25. The predicted octanol–water partition coefficient (Wildman–Crippen LogP) is 2.14. The fourth-order valence-corrected chi connectivity index (χ4v) is 1.84. The number of carbonyl (C=O) groups is 1. The average Bonchev–Trinajstić information content (AvgIpc) is 2.24. The monoisotopic (exact) mass is 189 g/mol. The molecule has 1 aliphatic heterocycles. The molecule has 1 N–H and O–H groups in total. The Morgan fingerprint density at radius 2 is 2.00 bits per heavy atom. The molecule has 0 unspecified atom stereocenters. The Bertz CT molecular complexity index is 368. The molecule has 2 heteroatoms. The summed E-state index contributed by atoms with van der Waals surface area (Å²) < 4.78 is 0. The number of nitrogens with one attached hydrogen (secondary N) is 1. The van der Waals surface area contributed by atoms with Gasteiger partial charge in [0, 0.05) is 11.1 Å². The van der Waals surface area contributed by atoms with Gasteiger partial charge < -0.3 is 5.32 Å². The van der Waals surface area contributed by atoms with Crippen molar-refractivity contribution in [3.63, 3.8) is 0 Å². The van der Waals surface area contributed by atoms with Crippen molar-refractivity contribution >= 4 is 5.91 Å². The Morgan fingerprint density at radius 3 is 2.79 bits per heavy atom. The zero-order valence-electron chi connectivity index (χ0n) is 8.63. The minimum Gasteiger partial charge on any atom is -0.347 e. The van der Waals surface area contributed by atoms with Crippen molar-refractivity contribution < 1.29 is 4.79 Å². The molecule has 0 aliphatic carbocycles. The van der Waals surface area contributed by atoms with Crippen molar-refractivity contribution in [3.05, 3.63) is 35.4 Å². The van der Waals surface area contributed by atoms with Gasteiger partial charge in [0.1, 0.15) is 0 Å². The summed E-state index contributed by atoms with van der Waals surface area (Å²) in [5.41, 5.74) is 1.91. The molecule has 0 saturated carbocycles. The topological polar surface area (TPSA) is 29.1 Å². The van der Waals surface area contributed by atoms with Crippen LogP contribution in [-0.2, 0) is 6.42 Å². The number of rotatable bonds is 0. The van der Waals surface area contributed by atoms with Gasteiger partial charge in [-0.1, -0.05) is 18.2 Å². The molecule has 0 saturated heterocycles. The van der Waals surface area contributed by atoms with Gasteiger partial charge in [-0.15, -0.1) is 0 Å². The molecule has 1 heterocycles. The van der Waals surface area contributed by atoms with E-state index < -0.39 is 0 Å². The first-order valence-electron chi connectivity index (χ1n) is 4.99. The SMILES string of the molecule is CC1(C)CCc2ccccc2C(=O)N1. The predicted molar refractivity (Wildman–Crippen MR) is 56.3 cm³/mol. The van der Waals surface area contributed by atoms with E-state index in [1.54, 1.807) is 0 Å². The quantitative estimate of drug-likeness (QED) is 0.665. The molecule has 0 spiro atoms. The van der Waals surface area contributed by atoms with Crippen LogP contribution in [0.15, 0.2) is 24.3 Å². The number of fused-ring (bicyclic) bond motifs is 1. The van der Waals surface area contributed by atoms with Gasteiger partial charge in [-0.05, 0) is 38.3 Å². The number of hydrogen-bond acceptors (Lipinski definition) is 1. The van der Waals surface area contributed by atoms with Crippen molar-refractivity contribution in [2.75, 3.05) is 0 Å². The van der Waals surface area contributed by atoms with Crippen LogP contribution >= 0.6 is 0 Å². The molecule has 0 fully saturated rings. The maximum Gasteiger partial charge on any atom is 0.251 e. The normalized spacial score (nSPS) is 19.4. The van der Waals surface area contributed by atoms with Crippen molar-refractivity contribution in [2.45, 2.75) is 32.2 Å². The zero-order chi connectivity index (χ0) is 10.2. The molecule has 0 aromatic heterocycles. The molecule has 14 heavy (non-hydrogen) atoms. The second kappa shape index (κ2) is 3.12. The lowest BCUT2D eigenvalue weighted by Crippen LogP contribution is -2.42. The summed E-state index contributed by atoms with van der Waals surface area (Å²) in [7, 11) is 0. The highest BCUT2D eigenvalue weighted by molar-refractivity contribution is 5.96. The second-order valence-corrected chi connectivity index (χ2v) is 4.50. The third-order valence-corrected chi connectivity index (χ3v) is 2.73. The van der Waals surface area contributed by atoms with Crippen LogP contribution in [0, 0.1) is 0 Å². The lowest BCUT2D eigenvalue weighted by atomic mass is 9.97. The summed E-state index contributed by atoms with van der Waals surface area (Å²) >= 11 is 0. The van der Waals surface area contributed by atoms with Gasteiger partial charge in [0.05, 0.1) is 0 Å². The summed E-state index contributed by atoms with van der Waals surface area (Å²) in [5.74, 6) is 0.0584. The first-order chi connectivity index (χ1) is 6.58. The fraction of sp³-hybridized carbons (Fsp3) is 0.417. The first-order valence-corrected chi connectivity index (χ1v) is 4.99. The minimum absolute atomic E-state index is 0.0584. The highest BCUT2D eigenvalue weighted by Crippen LogP contribution is 2.21. The van der Waals surface area contributed by atoms with Gasteiger partial charge in [0.15, 0.2) is 0 Å². The largest absolute Gasteiger partial charge is 0.347 e. The van der Waals surface area contributed by atoms with Crippen LogP contribution in [0.1, 0.15) is 36.2 Å². The standard InChI is InChI=1S/C12H15NO/c1-12(2)8-7-9-5-3-4-6-10(9)11(14)13-12/h3-6H,7-8H2,1-2H3,(H,13,14). The van der Waals surface area contributed by atoms with Crippen molar-refractivity contribution in [1.29, 1.82) is 0 Å². The van der Waals surface area contributed by atoms with Crippen molar-refractivity contribution in [3.8, 4) is 0 Å². The van der Waals surface area contributed by atoms with Gasteiger partial charge in [-0.3, -0.25) is 4.79 Å². The number of benzene rings is 1. The molecule has 1 aromatic rings. The van der Waals surface area contributed by atoms with E-state index in [0.29, 0.717) is 0 Å². The molecule has 0 radical (unpaired) electrons. The number of aryl methyl sites for hydroxylation is 1. The highest BCUT2D eigenvalue weighted by Gasteiger charge is 2.26. The summed E-state index contributed by atoms with van der Waals surface area (Å²) in [6.07, 6.45) is 1.97. The average molecular weight is 189 g/mol. The fourth-order valence-electron chi connectivity index (χ4n) is 1.84. The number of carbonyl (C=O) groups excluding carboxylic acids is 1. The summed E-state index contributed by atoms with van der Waals surface area (Å²) in [6.45, 7) is 4.13. The lowest BCUT2D eigenvalue weighted by Gasteiger charge is -2.23. The van der Waals surface area contributed by atoms with Gasteiger partial charge in [0.25, 0.3) is 5.91 Å². The van der Waals surface area contributed by atoms with E-state index in [0.717, 1.165) is 24.0 Å². The molecular weight excluding hydrogens is 174 g/mol. The Kier molecular flexibility index (Phi) is 2.06. The van der Waals surface area contributed by atoms with Gasteiger partial charge in [0.2, 0.25) is 0 Å². The molecule has 1 amide bonds. The van der Waals surface area contributed by atoms with Crippen LogP contribution in [0.2, 0.25) is 0 Å². The van der Waals surface area contributed by atoms with E-state index in [9.17, 15) is 4.79 Å². The summed E-state index contributed by atoms with van der Waals surface area (Å²) in [5, 5.41) is 3.04. The maximum absolute atomic E-state index is 11.8. The Balaban J connectivity index is 2.41. The lowest BCUT2D eigenvalue weighted by molar-refractivity contribution is 0.0916. The van der Waals surface area contributed by atoms with E-state index in [-0.39, 0.29) is 11.4 Å². The third kappa shape index (κ3) is 1.65. The molecule has 74 valence electrons. The highest BCUT2D eigenvalue weighted by atomic mass is 16.1. The number of hydrogen-bond donors (Lipinski definition) is 1.